The van der Waals surface area contributed by atoms with E-state index in [2.05, 4.69) is 0 Å². The summed E-state index contributed by atoms with van der Waals surface area (Å²) in [5.74, 6) is 0.0345. The second-order valence-electron chi connectivity index (χ2n) is 3.43. The summed E-state index contributed by atoms with van der Waals surface area (Å²) in [6, 6.07) is 3.84. The maximum atomic E-state index is 11.2. The van der Waals surface area contributed by atoms with Gasteiger partial charge in [-0.3, -0.25) is 10.1 Å². The van der Waals surface area contributed by atoms with Gasteiger partial charge >= 0.3 is 6.03 Å². The van der Waals surface area contributed by atoms with Crippen molar-refractivity contribution in [1.29, 1.82) is 0 Å². The van der Waals surface area contributed by atoms with E-state index in [-0.39, 0.29) is 11.6 Å². The Morgan fingerprint density at radius 1 is 1.32 bits per heavy atom. The van der Waals surface area contributed by atoms with Crippen LogP contribution in [0.25, 0.3) is 0 Å². The molecule has 0 unspecified atom stereocenters. The molecule has 0 aliphatic carbocycles. The number of hydrogen-bond acceptors (Lipinski definition) is 5. The SMILES string of the molecule is COc1cc(C(N)=S)ccc1OCC(=O)NC(N)=O. The Morgan fingerprint density at radius 3 is 2.53 bits per heavy atom. The fourth-order valence-corrected chi connectivity index (χ4v) is 1.38. The van der Waals surface area contributed by atoms with Gasteiger partial charge < -0.3 is 20.9 Å². The van der Waals surface area contributed by atoms with Crippen LogP contribution in [-0.4, -0.2) is 30.6 Å². The van der Waals surface area contributed by atoms with E-state index in [0.717, 1.165) is 0 Å². The molecule has 1 rings (SSSR count). The van der Waals surface area contributed by atoms with E-state index in [1.807, 2.05) is 5.32 Å². The molecule has 0 radical (unpaired) electrons. The van der Waals surface area contributed by atoms with Crippen LogP contribution in [-0.2, 0) is 4.79 Å². The maximum absolute atomic E-state index is 11.2. The number of nitrogens with two attached hydrogens (primary N) is 2. The summed E-state index contributed by atoms with van der Waals surface area (Å²) >= 11 is 4.83. The zero-order chi connectivity index (χ0) is 14.4. The van der Waals surface area contributed by atoms with Crippen molar-refractivity contribution in [1.82, 2.24) is 5.32 Å². The van der Waals surface area contributed by atoms with E-state index in [1.165, 1.54) is 7.11 Å². The van der Waals surface area contributed by atoms with E-state index in [1.54, 1.807) is 18.2 Å². The van der Waals surface area contributed by atoms with Gasteiger partial charge in [0.25, 0.3) is 5.91 Å². The van der Waals surface area contributed by atoms with Crippen molar-refractivity contribution in [3.8, 4) is 11.5 Å². The van der Waals surface area contributed by atoms with Gasteiger partial charge in [0.1, 0.15) is 4.99 Å². The number of amides is 3. The van der Waals surface area contributed by atoms with Crippen molar-refractivity contribution in [2.24, 2.45) is 11.5 Å². The van der Waals surface area contributed by atoms with E-state index in [0.29, 0.717) is 17.1 Å². The monoisotopic (exact) mass is 283 g/mol. The highest BCUT2D eigenvalue weighted by Crippen LogP contribution is 2.27. The standard InChI is InChI=1S/C11H13N3O4S/c1-17-8-4-6(10(12)19)2-3-7(8)18-5-9(15)14-11(13)16/h2-4H,5H2,1H3,(H2,12,19)(H3,13,14,15,16). The number of carbonyl (C=O) groups excluding carboxylic acids is 2. The average molecular weight is 283 g/mol. The van der Waals surface area contributed by atoms with E-state index in [4.69, 9.17) is 33.2 Å². The van der Waals surface area contributed by atoms with Crippen LogP contribution in [0.15, 0.2) is 18.2 Å². The summed E-state index contributed by atoms with van der Waals surface area (Å²) in [6.45, 7) is -0.369. The Hall–Kier alpha value is -2.35. The lowest BCUT2D eigenvalue weighted by molar-refractivity contribution is -0.121. The Morgan fingerprint density at radius 2 is 2.00 bits per heavy atom. The molecule has 8 heteroatoms. The first-order valence-corrected chi connectivity index (χ1v) is 5.54. The van der Waals surface area contributed by atoms with Gasteiger partial charge in [-0.15, -0.1) is 0 Å². The van der Waals surface area contributed by atoms with Gasteiger partial charge in [-0.2, -0.15) is 0 Å². The number of rotatable bonds is 5. The molecule has 0 heterocycles. The topological polar surface area (TPSA) is 117 Å². The molecule has 1 aromatic carbocycles. The van der Waals surface area contributed by atoms with Crippen molar-refractivity contribution < 1.29 is 19.1 Å². The maximum Gasteiger partial charge on any atom is 0.318 e. The summed E-state index contributed by atoms with van der Waals surface area (Å²) in [4.78, 5) is 21.8. The third kappa shape index (κ3) is 4.43. The minimum Gasteiger partial charge on any atom is -0.493 e. The summed E-state index contributed by atoms with van der Waals surface area (Å²) in [5.41, 5.74) is 10.9. The average Bonchev–Trinajstić information content (AvgIpc) is 2.35. The molecule has 19 heavy (non-hydrogen) atoms. The molecular weight excluding hydrogens is 270 g/mol. The first-order valence-electron chi connectivity index (χ1n) is 5.14. The van der Waals surface area contributed by atoms with E-state index in [9.17, 15) is 9.59 Å². The predicted octanol–water partition coefficient (Wildman–Crippen LogP) is -0.0969. The van der Waals surface area contributed by atoms with Crippen molar-refractivity contribution in [2.75, 3.05) is 13.7 Å². The van der Waals surface area contributed by atoms with Crippen LogP contribution >= 0.6 is 12.2 Å². The van der Waals surface area contributed by atoms with Crippen LogP contribution in [0.5, 0.6) is 11.5 Å². The largest absolute Gasteiger partial charge is 0.493 e. The van der Waals surface area contributed by atoms with Crippen LogP contribution in [0.2, 0.25) is 0 Å². The van der Waals surface area contributed by atoms with Crippen molar-refractivity contribution in [3.63, 3.8) is 0 Å². The molecule has 0 bridgehead atoms. The molecular formula is C11H13N3O4S. The lowest BCUT2D eigenvalue weighted by Crippen LogP contribution is -2.38. The Kier molecular flexibility index (Phi) is 5.07. The Balaban J connectivity index is 2.75. The number of primary amides is 1. The minimum atomic E-state index is -0.940. The number of ether oxygens (including phenoxy) is 2. The third-order valence-electron chi connectivity index (χ3n) is 2.07. The van der Waals surface area contributed by atoms with Crippen molar-refractivity contribution in [3.05, 3.63) is 23.8 Å². The normalized spacial score (nSPS) is 9.53. The summed E-state index contributed by atoms with van der Waals surface area (Å²) in [5, 5.41) is 1.87. The molecule has 1 aromatic rings. The number of benzene rings is 1. The molecule has 0 saturated heterocycles. The van der Waals surface area contributed by atoms with E-state index >= 15 is 0 Å². The molecule has 0 spiro atoms. The van der Waals surface area contributed by atoms with Gasteiger partial charge in [0, 0.05) is 5.56 Å². The predicted molar refractivity (Wildman–Crippen MR) is 72.1 cm³/mol. The number of nitrogens with one attached hydrogen (secondary N) is 1. The smallest absolute Gasteiger partial charge is 0.318 e. The number of thiocarbonyl (C=S) groups is 1. The number of carbonyl (C=O) groups is 2. The number of methoxy groups -OCH3 is 1. The van der Waals surface area contributed by atoms with Gasteiger partial charge in [-0.25, -0.2) is 4.79 Å². The van der Waals surface area contributed by atoms with Gasteiger partial charge in [0.15, 0.2) is 18.1 Å². The highest BCUT2D eigenvalue weighted by atomic mass is 32.1. The van der Waals surface area contributed by atoms with Crippen LogP contribution < -0.4 is 26.3 Å². The molecule has 5 N–H and O–H groups in total. The minimum absolute atomic E-state index is 0.219. The van der Waals surface area contributed by atoms with E-state index < -0.39 is 11.9 Å². The fraction of sp³-hybridized carbons (Fsp3) is 0.182. The van der Waals surface area contributed by atoms with Crippen LogP contribution in [0.4, 0.5) is 4.79 Å². The molecule has 0 atom stereocenters. The lowest BCUT2D eigenvalue weighted by atomic mass is 10.2. The van der Waals surface area contributed by atoms with Gasteiger partial charge in [0.05, 0.1) is 7.11 Å². The van der Waals surface area contributed by atoms with Crippen LogP contribution in [0, 0.1) is 0 Å². The second kappa shape index (κ2) is 6.55. The van der Waals surface area contributed by atoms with Gasteiger partial charge in [-0.1, -0.05) is 12.2 Å². The van der Waals surface area contributed by atoms with Crippen molar-refractivity contribution in [2.45, 2.75) is 0 Å². The highest BCUT2D eigenvalue weighted by Gasteiger charge is 2.10. The highest BCUT2D eigenvalue weighted by molar-refractivity contribution is 7.80. The second-order valence-corrected chi connectivity index (χ2v) is 3.87. The molecule has 0 aliphatic heterocycles. The Bertz CT molecular complexity index is 519. The van der Waals surface area contributed by atoms with Gasteiger partial charge in [-0.05, 0) is 18.2 Å². The van der Waals surface area contributed by atoms with Crippen molar-refractivity contribution >= 4 is 29.1 Å². The zero-order valence-corrected chi connectivity index (χ0v) is 11.0. The summed E-state index contributed by atoms with van der Waals surface area (Å²) in [6.07, 6.45) is 0. The third-order valence-corrected chi connectivity index (χ3v) is 2.31. The molecule has 3 amide bonds. The first kappa shape index (κ1) is 14.7. The van der Waals surface area contributed by atoms with Crippen LogP contribution in [0.1, 0.15) is 5.56 Å². The van der Waals surface area contributed by atoms with Crippen LogP contribution in [0.3, 0.4) is 0 Å². The molecule has 0 aromatic heterocycles. The summed E-state index contributed by atoms with van der Waals surface area (Å²) in [7, 11) is 1.44. The van der Waals surface area contributed by atoms with Gasteiger partial charge in [0.2, 0.25) is 0 Å². The lowest BCUT2D eigenvalue weighted by Gasteiger charge is -2.11. The quantitative estimate of drug-likeness (QED) is 0.650. The zero-order valence-electron chi connectivity index (χ0n) is 10.1. The summed E-state index contributed by atoms with van der Waals surface area (Å²) < 4.78 is 10.3. The Labute approximate surface area is 114 Å². The molecule has 0 saturated carbocycles. The first-order chi connectivity index (χ1) is 8.93. The number of imide groups is 1. The molecule has 102 valence electrons. The number of hydrogen-bond donors (Lipinski definition) is 3. The fourth-order valence-electron chi connectivity index (χ4n) is 1.26. The molecule has 0 aliphatic rings. The molecule has 7 nitrogen and oxygen atoms in total. The molecule has 0 fully saturated rings. The number of urea groups is 1.